The quantitative estimate of drug-likeness (QED) is 0.614. The molecule has 0 spiro atoms. The van der Waals surface area contributed by atoms with Crippen molar-refractivity contribution < 1.29 is 9.72 Å². The molecule has 1 aromatic heterocycles. The van der Waals surface area contributed by atoms with E-state index in [-0.39, 0.29) is 17.6 Å². The van der Waals surface area contributed by atoms with Crippen molar-refractivity contribution in [2.75, 3.05) is 18.9 Å². The number of anilines is 1. The number of hydrogen-bond acceptors (Lipinski definition) is 5. The van der Waals surface area contributed by atoms with Gasteiger partial charge in [0.05, 0.1) is 4.92 Å². The highest BCUT2D eigenvalue weighted by atomic mass is 16.6. The van der Waals surface area contributed by atoms with Gasteiger partial charge in [-0.2, -0.15) is 0 Å². The monoisotopic (exact) mass is 236 g/mol. The zero-order chi connectivity index (χ0) is 12.4. The van der Waals surface area contributed by atoms with Gasteiger partial charge in [0.15, 0.2) is 0 Å². The van der Waals surface area contributed by atoms with Gasteiger partial charge in [0.1, 0.15) is 18.1 Å². The summed E-state index contributed by atoms with van der Waals surface area (Å²) in [6, 6.07) is 2.58. The van der Waals surface area contributed by atoms with E-state index in [1.165, 1.54) is 18.3 Å². The summed E-state index contributed by atoms with van der Waals surface area (Å²) in [5.41, 5.74) is -0.0644. The third-order valence-corrected chi connectivity index (χ3v) is 2.71. The fraction of sp³-hybridized carbons (Fsp3) is 0.400. The van der Waals surface area contributed by atoms with Gasteiger partial charge >= 0.3 is 0 Å². The molecule has 7 nitrogen and oxygen atoms in total. The molecule has 1 aliphatic heterocycles. The van der Waals surface area contributed by atoms with E-state index in [0.29, 0.717) is 18.8 Å². The van der Waals surface area contributed by atoms with Gasteiger partial charge in [0, 0.05) is 19.7 Å². The van der Waals surface area contributed by atoms with E-state index in [1.54, 1.807) is 11.9 Å². The molecule has 0 bridgehead atoms. The summed E-state index contributed by atoms with van der Waals surface area (Å²) in [7, 11) is 1.74. The summed E-state index contributed by atoms with van der Waals surface area (Å²) in [6.07, 6.45) is 1.89. The highest BCUT2D eigenvalue weighted by Crippen LogP contribution is 2.16. The maximum Gasteiger partial charge on any atom is 0.287 e. The highest BCUT2D eigenvalue weighted by Gasteiger charge is 2.28. The Morgan fingerprint density at radius 1 is 1.59 bits per heavy atom. The molecule has 2 heterocycles. The lowest BCUT2D eigenvalue weighted by molar-refractivity contribution is -0.385. The first-order valence-corrected chi connectivity index (χ1v) is 5.20. The van der Waals surface area contributed by atoms with Crippen molar-refractivity contribution in [1.29, 1.82) is 0 Å². The number of likely N-dealkylation sites (N-methyl/N-ethyl adjacent to an activating group) is 1. The molecule has 1 aromatic rings. The Kier molecular flexibility index (Phi) is 2.90. The van der Waals surface area contributed by atoms with Gasteiger partial charge < -0.3 is 10.2 Å². The van der Waals surface area contributed by atoms with Crippen LogP contribution in [0.1, 0.15) is 6.42 Å². The Morgan fingerprint density at radius 3 is 2.82 bits per heavy atom. The van der Waals surface area contributed by atoms with E-state index in [9.17, 15) is 14.9 Å². The Hall–Kier alpha value is -2.18. The van der Waals surface area contributed by atoms with Crippen LogP contribution >= 0.6 is 0 Å². The second-order valence-electron chi connectivity index (χ2n) is 3.90. The number of hydrogen-bond donors (Lipinski definition) is 1. The molecule has 0 aliphatic carbocycles. The van der Waals surface area contributed by atoms with Crippen LogP contribution in [-0.2, 0) is 4.79 Å². The van der Waals surface area contributed by atoms with Crippen LogP contribution in [0.5, 0.6) is 0 Å². The minimum atomic E-state index is -0.509. The molecule has 7 heteroatoms. The van der Waals surface area contributed by atoms with Crippen molar-refractivity contribution in [3.05, 3.63) is 28.4 Å². The second-order valence-corrected chi connectivity index (χ2v) is 3.90. The molecule has 1 unspecified atom stereocenters. The van der Waals surface area contributed by atoms with Crippen LogP contribution in [0.3, 0.4) is 0 Å². The van der Waals surface area contributed by atoms with Gasteiger partial charge in [-0.25, -0.2) is 4.98 Å². The molecule has 0 saturated carbocycles. The van der Waals surface area contributed by atoms with E-state index in [1.807, 2.05) is 0 Å². The fourth-order valence-corrected chi connectivity index (χ4v) is 1.71. The summed E-state index contributed by atoms with van der Waals surface area (Å²) in [4.78, 5) is 27.1. The Morgan fingerprint density at radius 2 is 2.35 bits per heavy atom. The third-order valence-electron chi connectivity index (χ3n) is 2.71. The SMILES string of the molecule is CN1CCC(Nc2ccc([N+](=O)[O-])cn2)C1=O. The van der Waals surface area contributed by atoms with E-state index in [2.05, 4.69) is 10.3 Å². The summed E-state index contributed by atoms with van der Waals surface area (Å²) < 4.78 is 0. The first-order valence-electron chi connectivity index (χ1n) is 5.20. The number of likely N-dealkylation sites (tertiary alicyclic amines) is 1. The molecule has 0 aromatic carbocycles. The molecule has 90 valence electrons. The summed E-state index contributed by atoms with van der Waals surface area (Å²) >= 11 is 0. The summed E-state index contributed by atoms with van der Waals surface area (Å²) in [5, 5.41) is 13.4. The predicted octanol–water partition coefficient (Wildman–Crippen LogP) is 0.632. The highest BCUT2D eigenvalue weighted by molar-refractivity contribution is 5.86. The molecule has 1 atom stereocenters. The number of rotatable bonds is 3. The first kappa shape index (κ1) is 11.3. The zero-order valence-corrected chi connectivity index (χ0v) is 9.29. The molecule has 1 N–H and O–H groups in total. The fourth-order valence-electron chi connectivity index (χ4n) is 1.71. The van der Waals surface area contributed by atoms with Crippen LogP contribution in [0.4, 0.5) is 11.5 Å². The molecular formula is C10H12N4O3. The molecule has 0 radical (unpaired) electrons. The van der Waals surface area contributed by atoms with Gasteiger partial charge in [-0.05, 0) is 12.5 Å². The lowest BCUT2D eigenvalue weighted by Crippen LogP contribution is -2.31. The van der Waals surface area contributed by atoms with Gasteiger partial charge in [-0.1, -0.05) is 0 Å². The molecule has 1 fully saturated rings. The number of pyridine rings is 1. The number of nitrogens with zero attached hydrogens (tertiary/aromatic N) is 3. The molecule has 17 heavy (non-hydrogen) atoms. The van der Waals surface area contributed by atoms with Gasteiger partial charge in [0.25, 0.3) is 5.69 Å². The predicted molar refractivity (Wildman–Crippen MR) is 60.6 cm³/mol. The molecule has 2 rings (SSSR count). The molecule has 1 saturated heterocycles. The topological polar surface area (TPSA) is 88.4 Å². The van der Waals surface area contributed by atoms with E-state index in [4.69, 9.17) is 0 Å². The van der Waals surface area contributed by atoms with Crippen molar-refractivity contribution in [2.24, 2.45) is 0 Å². The van der Waals surface area contributed by atoms with Crippen LogP contribution in [0.15, 0.2) is 18.3 Å². The van der Waals surface area contributed by atoms with Crippen molar-refractivity contribution in [2.45, 2.75) is 12.5 Å². The normalized spacial score (nSPS) is 19.5. The average Bonchev–Trinajstić information content (AvgIpc) is 2.62. The number of amides is 1. The minimum Gasteiger partial charge on any atom is -0.358 e. The Bertz CT molecular complexity index is 445. The van der Waals surface area contributed by atoms with E-state index < -0.39 is 4.92 Å². The Balaban J connectivity index is 2.04. The number of nitro groups is 1. The first-order chi connectivity index (χ1) is 8.08. The zero-order valence-electron chi connectivity index (χ0n) is 9.29. The minimum absolute atomic E-state index is 0.0187. The molecular weight excluding hydrogens is 224 g/mol. The van der Waals surface area contributed by atoms with Crippen LogP contribution in [0.2, 0.25) is 0 Å². The summed E-state index contributed by atoms with van der Waals surface area (Å²) in [6.45, 7) is 0.712. The van der Waals surface area contributed by atoms with Gasteiger partial charge in [-0.15, -0.1) is 0 Å². The number of carbonyl (C=O) groups excluding carboxylic acids is 1. The van der Waals surface area contributed by atoms with Gasteiger partial charge in [-0.3, -0.25) is 14.9 Å². The van der Waals surface area contributed by atoms with Crippen molar-refractivity contribution >= 4 is 17.4 Å². The lowest BCUT2D eigenvalue weighted by atomic mass is 10.2. The second kappa shape index (κ2) is 4.36. The number of aromatic nitrogens is 1. The Labute approximate surface area is 97.6 Å². The molecule has 1 aliphatic rings. The van der Waals surface area contributed by atoms with Crippen LogP contribution in [-0.4, -0.2) is 40.3 Å². The maximum atomic E-state index is 11.6. The van der Waals surface area contributed by atoms with Crippen LogP contribution < -0.4 is 5.32 Å². The molecule has 1 amide bonds. The average molecular weight is 236 g/mol. The number of nitrogens with one attached hydrogen (secondary N) is 1. The van der Waals surface area contributed by atoms with Crippen molar-refractivity contribution in [3.8, 4) is 0 Å². The largest absolute Gasteiger partial charge is 0.358 e. The maximum absolute atomic E-state index is 11.6. The van der Waals surface area contributed by atoms with Crippen LogP contribution in [0.25, 0.3) is 0 Å². The summed E-state index contributed by atoms with van der Waals surface area (Å²) in [5.74, 6) is 0.495. The lowest BCUT2D eigenvalue weighted by Gasteiger charge is -2.12. The van der Waals surface area contributed by atoms with Crippen LogP contribution in [0, 0.1) is 10.1 Å². The smallest absolute Gasteiger partial charge is 0.287 e. The van der Waals surface area contributed by atoms with Crippen molar-refractivity contribution in [3.63, 3.8) is 0 Å². The van der Waals surface area contributed by atoms with E-state index >= 15 is 0 Å². The van der Waals surface area contributed by atoms with Crippen molar-refractivity contribution in [1.82, 2.24) is 9.88 Å². The number of carbonyl (C=O) groups is 1. The van der Waals surface area contributed by atoms with E-state index in [0.717, 1.165) is 0 Å². The third kappa shape index (κ3) is 2.32. The standard InChI is InChI=1S/C10H12N4O3/c1-13-5-4-8(10(13)15)12-9-3-2-7(6-11-9)14(16)17/h2-3,6,8H,4-5H2,1H3,(H,11,12). The van der Waals surface area contributed by atoms with Gasteiger partial charge in [0.2, 0.25) is 5.91 Å².